The molecule has 0 spiro atoms. The fraction of sp³-hybridized carbons (Fsp3) is 0.231. The molecule has 0 aliphatic rings. The second kappa shape index (κ2) is 5.00. The molecule has 4 nitrogen and oxygen atoms in total. The summed E-state index contributed by atoms with van der Waals surface area (Å²) < 4.78 is 13.1. The molecule has 0 aliphatic heterocycles. The molecule has 0 radical (unpaired) electrons. The van der Waals surface area contributed by atoms with Crippen LogP contribution >= 0.6 is 0 Å². The van der Waals surface area contributed by atoms with E-state index < -0.39 is 5.82 Å². The predicted octanol–water partition coefficient (Wildman–Crippen LogP) is 2.35. The summed E-state index contributed by atoms with van der Waals surface area (Å²) in [5.74, 6) is -0.0651. The van der Waals surface area contributed by atoms with Gasteiger partial charge in [-0.1, -0.05) is 6.07 Å². The van der Waals surface area contributed by atoms with Gasteiger partial charge in [-0.3, -0.25) is 4.79 Å². The van der Waals surface area contributed by atoms with E-state index in [4.69, 9.17) is 0 Å². The van der Waals surface area contributed by atoms with Crippen LogP contribution in [-0.4, -0.2) is 15.9 Å². The van der Waals surface area contributed by atoms with Crippen LogP contribution in [0.3, 0.4) is 0 Å². The molecule has 0 fully saturated rings. The van der Waals surface area contributed by atoms with Crippen molar-refractivity contribution in [2.45, 2.75) is 19.9 Å². The number of carbonyl (C=O) groups is 1. The fourth-order valence-corrected chi connectivity index (χ4v) is 1.70. The number of carbonyl (C=O) groups excluding carboxylic acids is 1. The summed E-state index contributed by atoms with van der Waals surface area (Å²) in [5, 5.41) is 2.77. The van der Waals surface area contributed by atoms with Crippen molar-refractivity contribution in [2.75, 3.05) is 0 Å². The van der Waals surface area contributed by atoms with Gasteiger partial charge >= 0.3 is 0 Å². The van der Waals surface area contributed by atoms with Crippen molar-refractivity contribution < 1.29 is 9.18 Å². The molecule has 1 atom stereocenters. The van der Waals surface area contributed by atoms with Crippen LogP contribution in [0.5, 0.6) is 0 Å². The first kappa shape index (κ1) is 12.3. The Morgan fingerprint density at radius 2 is 2.28 bits per heavy atom. The normalized spacial score (nSPS) is 12.2. The van der Waals surface area contributed by atoms with Gasteiger partial charge < -0.3 is 10.3 Å². The highest BCUT2D eigenvalue weighted by atomic mass is 19.1. The lowest BCUT2D eigenvalue weighted by Gasteiger charge is -2.12. The first-order chi connectivity index (χ1) is 8.58. The van der Waals surface area contributed by atoms with Gasteiger partial charge in [0.15, 0.2) is 0 Å². The van der Waals surface area contributed by atoms with Crippen LogP contribution in [0, 0.1) is 12.7 Å². The zero-order valence-corrected chi connectivity index (χ0v) is 10.2. The summed E-state index contributed by atoms with van der Waals surface area (Å²) in [7, 11) is 0. The molecule has 0 bridgehead atoms. The Morgan fingerprint density at radius 3 is 2.94 bits per heavy atom. The van der Waals surface area contributed by atoms with Gasteiger partial charge in [-0.25, -0.2) is 9.37 Å². The number of nitrogens with one attached hydrogen (secondary N) is 2. The van der Waals surface area contributed by atoms with E-state index in [9.17, 15) is 9.18 Å². The van der Waals surface area contributed by atoms with Gasteiger partial charge in [0, 0.05) is 18.0 Å². The summed E-state index contributed by atoms with van der Waals surface area (Å²) in [5.41, 5.74) is 1.08. The van der Waals surface area contributed by atoms with Gasteiger partial charge in [-0.2, -0.15) is 0 Å². The lowest BCUT2D eigenvalue weighted by molar-refractivity contribution is 0.0937. The zero-order chi connectivity index (χ0) is 13.1. The van der Waals surface area contributed by atoms with Gasteiger partial charge in [0.25, 0.3) is 5.91 Å². The van der Waals surface area contributed by atoms with E-state index in [-0.39, 0.29) is 11.9 Å². The lowest BCUT2D eigenvalue weighted by atomic mass is 10.1. The van der Waals surface area contributed by atoms with Gasteiger partial charge in [0.1, 0.15) is 11.6 Å². The van der Waals surface area contributed by atoms with Gasteiger partial charge in [0.05, 0.1) is 6.04 Å². The average molecular weight is 247 g/mol. The molecule has 18 heavy (non-hydrogen) atoms. The number of halogens is 1. The molecule has 0 aliphatic carbocycles. The van der Waals surface area contributed by atoms with Crippen molar-refractivity contribution in [3.05, 3.63) is 53.4 Å². The number of aryl methyl sites for hydroxylation is 1. The minimum absolute atomic E-state index is 0.254. The maximum absolute atomic E-state index is 13.1. The van der Waals surface area contributed by atoms with Crippen molar-refractivity contribution in [3.8, 4) is 0 Å². The number of hydrogen-bond acceptors (Lipinski definition) is 2. The molecule has 1 aromatic heterocycles. The maximum atomic E-state index is 13.1. The molecule has 1 aromatic carbocycles. The van der Waals surface area contributed by atoms with E-state index in [2.05, 4.69) is 15.3 Å². The third-order valence-electron chi connectivity index (χ3n) is 2.72. The highest BCUT2D eigenvalue weighted by Gasteiger charge is 2.15. The van der Waals surface area contributed by atoms with Crippen LogP contribution in [-0.2, 0) is 0 Å². The molecule has 0 saturated carbocycles. The fourth-order valence-electron chi connectivity index (χ4n) is 1.70. The second-order valence-corrected chi connectivity index (χ2v) is 4.13. The van der Waals surface area contributed by atoms with E-state index in [1.165, 1.54) is 12.1 Å². The number of aromatic nitrogens is 2. The van der Waals surface area contributed by atoms with E-state index in [0.717, 1.165) is 5.56 Å². The first-order valence-electron chi connectivity index (χ1n) is 5.64. The van der Waals surface area contributed by atoms with Crippen molar-refractivity contribution in [3.63, 3.8) is 0 Å². The molecule has 2 aromatic rings. The Labute approximate surface area is 104 Å². The average Bonchev–Trinajstić information content (AvgIpc) is 2.85. The lowest BCUT2D eigenvalue weighted by Crippen LogP contribution is -2.28. The summed E-state index contributed by atoms with van der Waals surface area (Å²) in [6.07, 6.45) is 3.30. The van der Waals surface area contributed by atoms with Crippen molar-refractivity contribution in [1.29, 1.82) is 0 Å². The summed E-state index contributed by atoms with van der Waals surface area (Å²) >= 11 is 0. The number of benzene rings is 1. The summed E-state index contributed by atoms with van der Waals surface area (Å²) in [6, 6.07) is 3.90. The Kier molecular flexibility index (Phi) is 3.41. The minimum Gasteiger partial charge on any atom is -0.347 e. The Bertz CT molecular complexity index is 551. The summed E-state index contributed by atoms with van der Waals surface area (Å²) in [4.78, 5) is 19.0. The monoisotopic (exact) mass is 247 g/mol. The largest absolute Gasteiger partial charge is 0.347 e. The molecule has 2 N–H and O–H groups in total. The Morgan fingerprint density at radius 1 is 1.50 bits per heavy atom. The SMILES string of the molecule is Cc1ccc(F)cc1C(=O)NC(C)c1ncc[nH]1. The van der Waals surface area contributed by atoms with Crippen molar-refractivity contribution in [1.82, 2.24) is 15.3 Å². The smallest absolute Gasteiger partial charge is 0.252 e. The van der Waals surface area contributed by atoms with Gasteiger partial charge in [-0.05, 0) is 31.5 Å². The molecule has 0 saturated heterocycles. The van der Waals surface area contributed by atoms with Crippen LogP contribution in [0.4, 0.5) is 4.39 Å². The zero-order valence-electron chi connectivity index (χ0n) is 10.2. The molecule has 2 rings (SSSR count). The maximum Gasteiger partial charge on any atom is 0.252 e. The number of amides is 1. The number of rotatable bonds is 3. The van der Waals surface area contributed by atoms with Crippen LogP contribution in [0.15, 0.2) is 30.6 Å². The number of hydrogen-bond donors (Lipinski definition) is 2. The molecule has 1 unspecified atom stereocenters. The van der Waals surface area contributed by atoms with Crippen molar-refractivity contribution >= 4 is 5.91 Å². The molecule has 1 amide bonds. The topological polar surface area (TPSA) is 57.8 Å². The molecule has 94 valence electrons. The van der Waals surface area contributed by atoms with Gasteiger partial charge in [-0.15, -0.1) is 0 Å². The first-order valence-corrected chi connectivity index (χ1v) is 5.64. The molecular weight excluding hydrogens is 233 g/mol. The van der Waals surface area contributed by atoms with Crippen LogP contribution in [0.25, 0.3) is 0 Å². The Balaban J connectivity index is 2.15. The van der Waals surface area contributed by atoms with E-state index >= 15 is 0 Å². The van der Waals surface area contributed by atoms with E-state index in [1.54, 1.807) is 25.4 Å². The highest BCUT2D eigenvalue weighted by Crippen LogP contribution is 2.12. The highest BCUT2D eigenvalue weighted by molar-refractivity contribution is 5.95. The van der Waals surface area contributed by atoms with Gasteiger partial charge in [0.2, 0.25) is 0 Å². The molecule has 5 heteroatoms. The minimum atomic E-state index is -0.420. The third-order valence-corrected chi connectivity index (χ3v) is 2.72. The summed E-state index contributed by atoms with van der Waals surface area (Å²) in [6.45, 7) is 3.58. The number of H-pyrrole nitrogens is 1. The molecular formula is C13H14FN3O. The van der Waals surface area contributed by atoms with Crippen LogP contribution < -0.4 is 5.32 Å². The number of imidazole rings is 1. The predicted molar refractivity (Wildman–Crippen MR) is 65.6 cm³/mol. The van der Waals surface area contributed by atoms with E-state index in [0.29, 0.717) is 11.4 Å². The second-order valence-electron chi connectivity index (χ2n) is 4.13. The molecule has 1 heterocycles. The number of aromatic amines is 1. The number of nitrogens with zero attached hydrogens (tertiary/aromatic N) is 1. The van der Waals surface area contributed by atoms with E-state index in [1.807, 2.05) is 6.92 Å². The van der Waals surface area contributed by atoms with Crippen LogP contribution in [0.2, 0.25) is 0 Å². The van der Waals surface area contributed by atoms with Crippen LogP contribution in [0.1, 0.15) is 34.7 Å². The third kappa shape index (κ3) is 2.56. The Hall–Kier alpha value is -2.17. The standard InChI is InChI=1S/C13H14FN3O/c1-8-3-4-10(14)7-11(8)13(18)17-9(2)12-15-5-6-16-12/h3-7,9H,1-2H3,(H,15,16)(H,17,18). The quantitative estimate of drug-likeness (QED) is 0.874. The van der Waals surface area contributed by atoms with Crippen molar-refractivity contribution in [2.24, 2.45) is 0 Å².